The predicted octanol–water partition coefficient (Wildman–Crippen LogP) is 5.75. The van der Waals surface area contributed by atoms with Gasteiger partial charge in [-0.15, -0.1) is 10.2 Å². The standard InChI is InChI=1S/C29H30FN5O/c1-29(2,3)27(19-8-6-5-7-9-19)25-17-23(13-14-24(25)28-32-34-35(4)33-28)36-18-22-12-10-20-16-21(30)11-15-26(20)31-22/h5-17,27,34H,18H2,1-4H3,(H,32,33). The molecule has 0 bridgehead atoms. The Balaban J connectivity index is 1.50. The maximum atomic E-state index is 13.5. The Morgan fingerprint density at radius 2 is 1.78 bits per heavy atom. The normalized spacial score (nSPS) is 14.8. The van der Waals surface area contributed by atoms with Gasteiger partial charge in [-0.2, -0.15) is 0 Å². The minimum Gasteiger partial charge on any atom is -0.487 e. The van der Waals surface area contributed by atoms with Crippen molar-refractivity contribution in [2.45, 2.75) is 33.3 Å². The van der Waals surface area contributed by atoms with Gasteiger partial charge >= 0.3 is 0 Å². The molecule has 7 heteroatoms. The number of amidine groups is 1. The van der Waals surface area contributed by atoms with E-state index in [0.29, 0.717) is 6.61 Å². The Labute approximate surface area is 210 Å². The van der Waals surface area contributed by atoms with Crippen molar-refractivity contribution in [3.8, 4) is 5.75 Å². The summed E-state index contributed by atoms with van der Waals surface area (Å²) in [6.07, 6.45) is 0. The zero-order valence-corrected chi connectivity index (χ0v) is 20.9. The Kier molecular flexibility index (Phi) is 6.33. The first-order valence-corrected chi connectivity index (χ1v) is 12.0. The summed E-state index contributed by atoms with van der Waals surface area (Å²) < 4.78 is 19.7. The van der Waals surface area contributed by atoms with Crippen LogP contribution in [0, 0.1) is 11.2 Å². The van der Waals surface area contributed by atoms with E-state index in [-0.39, 0.29) is 17.2 Å². The number of fused-ring (bicyclic) bond motifs is 1. The van der Waals surface area contributed by atoms with Gasteiger partial charge in [0.25, 0.3) is 0 Å². The van der Waals surface area contributed by atoms with Crippen molar-refractivity contribution in [2.75, 3.05) is 7.05 Å². The minimum atomic E-state index is -0.268. The van der Waals surface area contributed by atoms with E-state index in [2.05, 4.69) is 78.2 Å². The summed E-state index contributed by atoms with van der Waals surface area (Å²) in [6, 6.07) is 25.0. The molecule has 0 radical (unpaired) electrons. The predicted molar refractivity (Wildman–Crippen MR) is 141 cm³/mol. The summed E-state index contributed by atoms with van der Waals surface area (Å²) in [5, 5.41) is 6.95. The number of hydrazone groups is 1. The van der Waals surface area contributed by atoms with Gasteiger partial charge in [0.05, 0.1) is 11.2 Å². The Bertz CT molecular complexity index is 1410. The van der Waals surface area contributed by atoms with Gasteiger partial charge in [0, 0.05) is 23.9 Å². The Morgan fingerprint density at radius 3 is 2.50 bits per heavy atom. The van der Waals surface area contributed by atoms with E-state index in [4.69, 9.17) is 4.74 Å². The van der Waals surface area contributed by atoms with Gasteiger partial charge in [0.15, 0.2) is 5.84 Å². The molecule has 0 spiro atoms. The van der Waals surface area contributed by atoms with Crippen molar-refractivity contribution < 1.29 is 9.13 Å². The lowest BCUT2D eigenvalue weighted by molar-refractivity contribution is 0.231. The second-order valence-electron chi connectivity index (χ2n) is 10.1. The summed E-state index contributed by atoms with van der Waals surface area (Å²) in [7, 11) is 1.87. The third-order valence-electron chi connectivity index (χ3n) is 6.27. The average molecular weight is 484 g/mol. The van der Waals surface area contributed by atoms with Crippen molar-refractivity contribution in [1.82, 2.24) is 21.1 Å². The molecule has 0 saturated carbocycles. The monoisotopic (exact) mass is 483 g/mol. The van der Waals surface area contributed by atoms with Gasteiger partial charge < -0.3 is 4.74 Å². The first-order chi connectivity index (χ1) is 17.3. The number of aromatic nitrogens is 1. The Hall–Kier alpha value is -3.97. The molecule has 2 heterocycles. The highest BCUT2D eigenvalue weighted by Gasteiger charge is 2.32. The lowest BCUT2D eigenvalue weighted by Gasteiger charge is -2.33. The molecule has 0 saturated heterocycles. The van der Waals surface area contributed by atoms with E-state index < -0.39 is 0 Å². The van der Waals surface area contributed by atoms with E-state index in [1.54, 1.807) is 11.2 Å². The van der Waals surface area contributed by atoms with E-state index in [9.17, 15) is 4.39 Å². The van der Waals surface area contributed by atoms with Crippen LogP contribution in [-0.2, 0) is 6.61 Å². The summed E-state index contributed by atoms with van der Waals surface area (Å²) in [6.45, 7) is 7.05. The third-order valence-corrected chi connectivity index (χ3v) is 6.27. The van der Waals surface area contributed by atoms with Gasteiger partial charge in [-0.25, -0.2) is 14.9 Å². The van der Waals surface area contributed by atoms with E-state index in [1.807, 2.05) is 31.3 Å². The molecule has 6 nitrogen and oxygen atoms in total. The van der Waals surface area contributed by atoms with Gasteiger partial charge in [-0.05, 0) is 59.0 Å². The zero-order chi connectivity index (χ0) is 25.3. The maximum Gasteiger partial charge on any atom is 0.170 e. The number of halogens is 1. The quantitative estimate of drug-likeness (QED) is 0.366. The average Bonchev–Trinajstić information content (AvgIpc) is 3.28. The highest BCUT2D eigenvalue weighted by molar-refractivity contribution is 6.00. The fourth-order valence-corrected chi connectivity index (χ4v) is 4.71. The molecule has 1 atom stereocenters. The summed E-state index contributed by atoms with van der Waals surface area (Å²) in [4.78, 5) is 4.63. The molecule has 1 aliphatic heterocycles. The van der Waals surface area contributed by atoms with Crippen LogP contribution in [-0.4, -0.2) is 23.0 Å². The van der Waals surface area contributed by atoms with Crippen molar-refractivity contribution >= 4 is 16.7 Å². The summed E-state index contributed by atoms with van der Waals surface area (Å²) in [5.74, 6) is 1.34. The fraction of sp³-hybridized carbons (Fsp3) is 0.241. The van der Waals surface area contributed by atoms with Crippen LogP contribution >= 0.6 is 0 Å². The van der Waals surface area contributed by atoms with E-state index >= 15 is 0 Å². The second kappa shape index (κ2) is 9.59. The molecular weight excluding hydrogens is 453 g/mol. The van der Waals surface area contributed by atoms with Gasteiger partial charge in [-0.3, -0.25) is 5.43 Å². The molecule has 3 aromatic carbocycles. The van der Waals surface area contributed by atoms with E-state index in [0.717, 1.165) is 39.3 Å². The number of nitrogens with zero attached hydrogens (tertiary/aromatic N) is 3. The molecular formula is C29H30FN5O. The van der Waals surface area contributed by atoms with Crippen LogP contribution < -0.4 is 15.7 Å². The number of ether oxygens (including phenoxy) is 1. The molecule has 4 aromatic rings. The molecule has 1 aliphatic rings. The fourth-order valence-electron chi connectivity index (χ4n) is 4.71. The number of rotatable bonds is 6. The number of benzene rings is 3. The molecule has 2 N–H and O–H groups in total. The van der Waals surface area contributed by atoms with Gasteiger partial charge in [0.1, 0.15) is 18.2 Å². The summed E-state index contributed by atoms with van der Waals surface area (Å²) >= 11 is 0. The first kappa shape index (κ1) is 23.8. The molecule has 0 aliphatic carbocycles. The van der Waals surface area contributed by atoms with Crippen molar-refractivity contribution in [1.29, 1.82) is 0 Å². The van der Waals surface area contributed by atoms with Crippen molar-refractivity contribution in [3.63, 3.8) is 0 Å². The molecule has 0 amide bonds. The number of nitrogens with one attached hydrogen (secondary N) is 2. The highest BCUT2D eigenvalue weighted by Crippen LogP contribution is 2.43. The SMILES string of the molecule is CN1NN=C(c2ccc(OCc3ccc4cc(F)ccc4n3)cc2C(c2ccccc2)C(C)(C)C)N1. The number of hydrazine groups is 2. The van der Waals surface area contributed by atoms with Crippen LogP contribution in [0.15, 0.2) is 84.0 Å². The largest absolute Gasteiger partial charge is 0.487 e. The van der Waals surface area contributed by atoms with Crippen molar-refractivity contribution in [2.24, 2.45) is 10.5 Å². The number of hydrogen-bond acceptors (Lipinski definition) is 6. The second-order valence-corrected chi connectivity index (χ2v) is 10.1. The maximum absolute atomic E-state index is 13.5. The molecule has 184 valence electrons. The van der Waals surface area contributed by atoms with Crippen LogP contribution in [0.5, 0.6) is 5.75 Å². The third kappa shape index (κ3) is 5.02. The molecule has 5 rings (SSSR count). The zero-order valence-electron chi connectivity index (χ0n) is 20.9. The van der Waals surface area contributed by atoms with Crippen LogP contribution in [0.1, 0.15) is 49.1 Å². The number of pyridine rings is 1. The highest BCUT2D eigenvalue weighted by atomic mass is 19.1. The lowest BCUT2D eigenvalue weighted by atomic mass is 9.71. The Morgan fingerprint density at radius 1 is 0.972 bits per heavy atom. The molecule has 36 heavy (non-hydrogen) atoms. The first-order valence-electron chi connectivity index (χ1n) is 12.0. The van der Waals surface area contributed by atoms with Crippen LogP contribution in [0.4, 0.5) is 4.39 Å². The smallest absolute Gasteiger partial charge is 0.170 e. The van der Waals surface area contributed by atoms with E-state index in [1.165, 1.54) is 17.7 Å². The van der Waals surface area contributed by atoms with Gasteiger partial charge in [-0.1, -0.05) is 57.2 Å². The van der Waals surface area contributed by atoms with Crippen LogP contribution in [0.3, 0.4) is 0 Å². The number of hydrogen-bond donors (Lipinski definition) is 2. The summed E-state index contributed by atoms with van der Waals surface area (Å²) in [5.41, 5.74) is 11.0. The molecule has 1 unspecified atom stereocenters. The molecule has 1 aromatic heterocycles. The minimum absolute atomic E-state index is 0.0671. The lowest BCUT2D eigenvalue weighted by Crippen LogP contribution is -2.38. The molecule has 0 fully saturated rings. The van der Waals surface area contributed by atoms with Gasteiger partial charge in [0.2, 0.25) is 0 Å². The van der Waals surface area contributed by atoms with Crippen molar-refractivity contribution in [3.05, 3.63) is 107 Å². The topological polar surface area (TPSA) is 61.8 Å². The van der Waals surface area contributed by atoms with Crippen LogP contribution in [0.2, 0.25) is 0 Å². The van der Waals surface area contributed by atoms with Crippen LogP contribution in [0.25, 0.3) is 10.9 Å².